The van der Waals surface area contributed by atoms with Gasteiger partial charge in [-0.3, -0.25) is 0 Å². The van der Waals surface area contributed by atoms with E-state index in [0.29, 0.717) is 0 Å². The Bertz CT molecular complexity index is 327. The highest BCUT2D eigenvalue weighted by atomic mass is 14.8. The highest BCUT2D eigenvalue weighted by molar-refractivity contribution is 5.05. The molecular weight excluding hydrogens is 230 g/mol. The maximum absolute atomic E-state index is 6.48. The average molecular weight is 261 g/mol. The molecule has 5 saturated carbocycles. The van der Waals surface area contributed by atoms with Crippen molar-refractivity contribution in [3.63, 3.8) is 0 Å². The molecule has 5 rings (SSSR count). The molecule has 5 fully saturated rings. The molecule has 108 valence electrons. The van der Waals surface area contributed by atoms with Crippen molar-refractivity contribution in [3.8, 4) is 0 Å². The van der Waals surface area contributed by atoms with Crippen LogP contribution in [0.25, 0.3) is 0 Å². The maximum Gasteiger partial charge on any atom is 0.0158 e. The Labute approximate surface area is 118 Å². The Morgan fingerprint density at radius 3 is 1.89 bits per heavy atom. The van der Waals surface area contributed by atoms with Gasteiger partial charge in [0.05, 0.1) is 0 Å². The zero-order valence-electron chi connectivity index (χ0n) is 12.8. The van der Waals surface area contributed by atoms with Gasteiger partial charge in [-0.15, -0.1) is 0 Å². The molecule has 0 aliphatic heterocycles. The molecule has 1 nitrogen and oxygen atoms in total. The van der Waals surface area contributed by atoms with Crippen molar-refractivity contribution >= 4 is 0 Å². The van der Waals surface area contributed by atoms with Crippen molar-refractivity contribution in [2.24, 2.45) is 47.2 Å². The Morgan fingerprint density at radius 2 is 1.47 bits per heavy atom. The van der Waals surface area contributed by atoms with Gasteiger partial charge < -0.3 is 5.73 Å². The van der Waals surface area contributed by atoms with Gasteiger partial charge in [0.2, 0.25) is 0 Å². The molecule has 0 aromatic carbocycles. The largest absolute Gasteiger partial charge is 0.325 e. The predicted octanol–water partition coefficient (Wildman–Crippen LogP) is 4.21. The Balaban J connectivity index is 1.55. The van der Waals surface area contributed by atoms with E-state index >= 15 is 0 Å². The van der Waals surface area contributed by atoms with E-state index in [1.54, 1.807) is 32.1 Å². The first-order valence-corrected chi connectivity index (χ1v) is 8.83. The van der Waals surface area contributed by atoms with Gasteiger partial charge in [0.25, 0.3) is 0 Å². The topological polar surface area (TPSA) is 26.0 Å². The van der Waals surface area contributed by atoms with E-state index < -0.39 is 0 Å². The van der Waals surface area contributed by atoms with Gasteiger partial charge in [-0.1, -0.05) is 13.8 Å². The number of hydrogen-bond acceptors (Lipinski definition) is 1. The Morgan fingerprint density at radius 1 is 0.947 bits per heavy atom. The Kier molecular flexibility index (Phi) is 2.82. The molecule has 1 unspecified atom stereocenters. The number of nitrogens with two attached hydrogens (primary N) is 1. The van der Waals surface area contributed by atoms with E-state index in [-0.39, 0.29) is 5.54 Å². The van der Waals surface area contributed by atoms with Crippen molar-refractivity contribution in [2.45, 2.75) is 70.8 Å². The molecule has 0 saturated heterocycles. The van der Waals surface area contributed by atoms with Crippen LogP contribution < -0.4 is 5.73 Å². The molecule has 2 N–H and O–H groups in total. The van der Waals surface area contributed by atoms with Crippen LogP contribution >= 0.6 is 0 Å². The van der Waals surface area contributed by atoms with Crippen LogP contribution in [0.5, 0.6) is 0 Å². The first-order valence-electron chi connectivity index (χ1n) is 8.83. The van der Waals surface area contributed by atoms with Crippen molar-refractivity contribution in [1.29, 1.82) is 0 Å². The summed E-state index contributed by atoms with van der Waals surface area (Å²) < 4.78 is 0. The SMILES string of the molecule is CC(C)C(CC1(N)CC1)C1C2CC3CC(C2)CC1C3. The van der Waals surface area contributed by atoms with E-state index in [4.69, 9.17) is 5.73 Å². The molecule has 1 heteroatoms. The summed E-state index contributed by atoms with van der Waals surface area (Å²) in [7, 11) is 0. The molecular formula is C18H31N. The molecule has 0 radical (unpaired) electrons. The molecule has 0 aromatic rings. The third kappa shape index (κ3) is 2.17. The second kappa shape index (κ2) is 4.23. The average Bonchev–Trinajstić information content (AvgIpc) is 3.04. The highest BCUT2D eigenvalue weighted by Gasteiger charge is 2.52. The lowest BCUT2D eigenvalue weighted by molar-refractivity contribution is -0.0736. The monoisotopic (exact) mass is 261 g/mol. The van der Waals surface area contributed by atoms with E-state index in [1.165, 1.54) is 19.3 Å². The van der Waals surface area contributed by atoms with Crippen LogP contribution in [-0.4, -0.2) is 5.54 Å². The lowest BCUT2D eigenvalue weighted by Crippen LogP contribution is -2.49. The van der Waals surface area contributed by atoms with E-state index in [9.17, 15) is 0 Å². The van der Waals surface area contributed by atoms with E-state index in [0.717, 1.165) is 41.4 Å². The van der Waals surface area contributed by atoms with Crippen LogP contribution in [0.2, 0.25) is 0 Å². The summed E-state index contributed by atoms with van der Waals surface area (Å²) in [6.45, 7) is 4.92. The second-order valence-corrected chi connectivity index (χ2v) is 8.98. The van der Waals surface area contributed by atoms with Gasteiger partial charge in [-0.05, 0) is 92.8 Å². The summed E-state index contributed by atoms with van der Waals surface area (Å²) in [5.41, 5.74) is 6.73. The maximum atomic E-state index is 6.48. The predicted molar refractivity (Wildman–Crippen MR) is 79.6 cm³/mol. The first-order chi connectivity index (χ1) is 9.04. The van der Waals surface area contributed by atoms with Crippen molar-refractivity contribution < 1.29 is 0 Å². The second-order valence-electron chi connectivity index (χ2n) is 8.98. The minimum atomic E-state index is 0.254. The van der Waals surface area contributed by atoms with Crippen LogP contribution in [0, 0.1) is 41.4 Å². The fraction of sp³-hybridized carbons (Fsp3) is 1.00. The zero-order valence-corrected chi connectivity index (χ0v) is 12.8. The number of hydrogen-bond donors (Lipinski definition) is 1. The van der Waals surface area contributed by atoms with Crippen LogP contribution in [-0.2, 0) is 0 Å². The summed E-state index contributed by atoms with van der Waals surface area (Å²) in [5, 5.41) is 0. The minimum Gasteiger partial charge on any atom is -0.325 e. The summed E-state index contributed by atoms with van der Waals surface area (Å²) in [5.74, 6) is 7.16. The van der Waals surface area contributed by atoms with Crippen molar-refractivity contribution in [2.75, 3.05) is 0 Å². The third-order valence-corrected chi connectivity index (χ3v) is 7.18. The summed E-state index contributed by atoms with van der Waals surface area (Å²) in [6, 6.07) is 0. The molecule has 19 heavy (non-hydrogen) atoms. The van der Waals surface area contributed by atoms with Crippen molar-refractivity contribution in [1.82, 2.24) is 0 Å². The summed E-state index contributed by atoms with van der Waals surface area (Å²) in [4.78, 5) is 0. The lowest BCUT2D eigenvalue weighted by Gasteiger charge is -2.57. The van der Waals surface area contributed by atoms with Crippen LogP contribution in [0.4, 0.5) is 0 Å². The molecule has 5 aliphatic rings. The quantitative estimate of drug-likeness (QED) is 0.806. The van der Waals surface area contributed by atoms with E-state index in [2.05, 4.69) is 13.8 Å². The van der Waals surface area contributed by atoms with Crippen LogP contribution in [0.15, 0.2) is 0 Å². The fourth-order valence-corrected chi connectivity index (χ4v) is 6.32. The molecule has 0 heterocycles. The lowest BCUT2D eigenvalue weighted by atomic mass is 9.48. The zero-order chi connectivity index (χ0) is 13.2. The van der Waals surface area contributed by atoms with Gasteiger partial charge in [0.15, 0.2) is 0 Å². The molecule has 0 amide bonds. The molecule has 0 spiro atoms. The van der Waals surface area contributed by atoms with Gasteiger partial charge in [0, 0.05) is 5.54 Å². The minimum absolute atomic E-state index is 0.254. The highest BCUT2D eigenvalue weighted by Crippen LogP contribution is 2.60. The summed E-state index contributed by atoms with van der Waals surface area (Å²) in [6.07, 6.45) is 11.8. The molecule has 0 aromatic heterocycles. The molecule has 1 atom stereocenters. The van der Waals surface area contributed by atoms with Crippen LogP contribution in [0.1, 0.15) is 65.2 Å². The number of rotatable bonds is 4. The standard InChI is InChI=1S/C18H31N/c1-11(2)16(10-18(19)3-4-18)17-14-6-12-5-13(8-14)9-15(17)7-12/h11-17H,3-10,19H2,1-2H3. The normalized spacial score (nSPS) is 47.7. The first kappa shape index (κ1) is 12.7. The van der Waals surface area contributed by atoms with Gasteiger partial charge in [-0.2, -0.15) is 0 Å². The van der Waals surface area contributed by atoms with Gasteiger partial charge in [-0.25, -0.2) is 0 Å². The van der Waals surface area contributed by atoms with Crippen molar-refractivity contribution in [3.05, 3.63) is 0 Å². The fourth-order valence-electron chi connectivity index (χ4n) is 6.32. The third-order valence-electron chi connectivity index (χ3n) is 7.18. The molecule has 5 aliphatic carbocycles. The molecule has 4 bridgehead atoms. The summed E-state index contributed by atoms with van der Waals surface area (Å²) >= 11 is 0. The smallest absolute Gasteiger partial charge is 0.0158 e. The van der Waals surface area contributed by atoms with Crippen LogP contribution in [0.3, 0.4) is 0 Å². The van der Waals surface area contributed by atoms with Gasteiger partial charge in [0.1, 0.15) is 0 Å². The van der Waals surface area contributed by atoms with Gasteiger partial charge >= 0.3 is 0 Å². The van der Waals surface area contributed by atoms with E-state index in [1.807, 2.05) is 0 Å². The Hall–Kier alpha value is -0.0400.